The molecule has 1 aromatic rings. The normalized spacial score (nSPS) is 10.6. The molecule has 1 aromatic heterocycles. The number of nitrogen functional groups attached to an aromatic ring is 1. The Kier molecular flexibility index (Phi) is 3.28. The van der Waals surface area contributed by atoms with Gasteiger partial charge in [0.2, 0.25) is 5.95 Å². The lowest BCUT2D eigenvalue weighted by molar-refractivity contribution is 0.634. The summed E-state index contributed by atoms with van der Waals surface area (Å²) in [5.41, 5.74) is 6.71. The quantitative estimate of drug-likeness (QED) is 0.788. The van der Waals surface area contributed by atoms with E-state index in [1.807, 2.05) is 25.1 Å². The van der Waals surface area contributed by atoms with Crippen molar-refractivity contribution < 1.29 is 0 Å². The molecule has 1 rings (SSSR count). The number of hydrogen-bond acceptors (Lipinski definition) is 4. The first kappa shape index (κ1) is 10.8. The second-order valence-corrected chi connectivity index (χ2v) is 4.08. The minimum absolute atomic E-state index is 0.541. The molecule has 4 heteroatoms. The molecule has 14 heavy (non-hydrogen) atoms. The van der Waals surface area contributed by atoms with Crippen LogP contribution >= 0.6 is 0 Å². The summed E-state index contributed by atoms with van der Waals surface area (Å²) >= 11 is 0. The molecule has 0 atom stereocenters. The van der Waals surface area contributed by atoms with E-state index in [1.165, 1.54) is 0 Å². The zero-order valence-electron chi connectivity index (χ0n) is 9.28. The molecule has 0 aromatic carbocycles. The van der Waals surface area contributed by atoms with E-state index in [4.69, 9.17) is 5.73 Å². The molecule has 0 unspecified atom stereocenters. The van der Waals surface area contributed by atoms with Crippen molar-refractivity contribution in [2.45, 2.75) is 20.3 Å². The molecule has 0 saturated carbocycles. The first-order valence-electron chi connectivity index (χ1n) is 4.79. The Hall–Kier alpha value is -1.32. The molecule has 0 spiro atoms. The van der Waals surface area contributed by atoms with Crippen LogP contribution < -0.4 is 10.6 Å². The highest BCUT2D eigenvalue weighted by Gasteiger charge is 2.05. The molecule has 2 N–H and O–H groups in total. The lowest BCUT2D eigenvalue weighted by atomic mass is 10.1. The molecule has 0 fully saturated rings. The van der Waals surface area contributed by atoms with Crippen LogP contribution in [0.1, 0.15) is 19.5 Å². The molecule has 0 bridgehead atoms. The Morgan fingerprint density at radius 3 is 2.50 bits per heavy atom. The van der Waals surface area contributed by atoms with Gasteiger partial charge in [0.15, 0.2) is 0 Å². The van der Waals surface area contributed by atoms with Gasteiger partial charge in [-0.2, -0.15) is 4.98 Å². The van der Waals surface area contributed by atoms with Gasteiger partial charge in [-0.15, -0.1) is 0 Å². The highest BCUT2D eigenvalue weighted by atomic mass is 15.2. The van der Waals surface area contributed by atoms with Crippen LogP contribution in [0.3, 0.4) is 0 Å². The summed E-state index contributed by atoms with van der Waals surface area (Å²) in [6.45, 7) is 4.32. The van der Waals surface area contributed by atoms with E-state index in [2.05, 4.69) is 23.8 Å². The lowest BCUT2D eigenvalue weighted by Crippen LogP contribution is -2.15. The van der Waals surface area contributed by atoms with Crippen LogP contribution in [0.5, 0.6) is 0 Å². The van der Waals surface area contributed by atoms with Crippen LogP contribution in [0.15, 0.2) is 6.07 Å². The molecule has 4 nitrogen and oxygen atoms in total. The summed E-state index contributed by atoms with van der Waals surface area (Å²) in [5.74, 6) is 1.80. The zero-order valence-corrected chi connectivity index (χ0v) is 9.28. The third-order valence-electron chi connectivity index (χ3n) is 1.80. The van der Waals surface area contributed by atoms with Crippen molar-refractivity contribution in [1.29, 1.82) is 0 Å². The van der Waals surface area contributed by atoms with E-state index in [-0.39, 0.29) is 0 Å². The van der Waals surface area contributed by atoms with Crippen molar-refractivity contribution in [1.82, 2.24) is 9.97 Å². The third kappa shape index (κ3) is 2.87. The van der Waals surface area contributed by atoms with Gasteiger partial charge in [0.25, 0.3) is 0 Å². The number of anilines is 2. The average Bonchev–Trinajstić information content (AvgIpc) is 2.01. The second kappa shape index (κ2) is 4.26. The number of aromatic nitrogens is 2. The molecule has 0 amide bonds. The van der Waals surface area contributed by atoms with Crippen molar-refractivity contribution >= 4 is 11.8 Å². The molecular formula is C10H18N4. The van der Waals surface area contributed by atoms with E-state index in [0.29, 0.717) is 17.7 Å². The molecule has 0 aliphatic carbocycles. The van der Waals surface area contributed by atoms with Crippen LogP contribution in [0.2, 0.25) is 0 Å². The Labute approximate surface area is 85.2 Å². The summed E-state index contributed by atoms with van der Waals surface area (Å²) in [6, 6.07) is 1.84. The molecule has 78 valence electrons. The number of rotatable bonds is 3. The molecule has 1 heterocycles. The van der Waals surface area contributed by atoms with Crippen molar-refractivity contribution in [3.8, 4) is 0 Å². The zero-order chi connectivity index (χ0) is 10.7. The van der Waals surface area contributed by atoms with Crippen LogP contribution in [0, 0.1) is 5.92 Å². The molecule has 0 aliphatic heterocycles. The SMILES string of the molecule is CC(C)Cc1cc(N)nc(N(C)C)n1. The number of nitrogens with zero attached hydrogens (tertiary/aromatic N) is 3. The van der Waals surface area contributed by atoms with Crippen molar-refractivity contribution in [3.63, 3.8) is 0 Å². The Bertz CT molecular complexity index is 307. The van der Waals surface area contributed by atoms with E-state index in [1.54, 1.807) is 0 Å². The topological polar surface area (TPSA) is 55.0 Å². The first-order chi connectivity index (χ1) is 6.49. The summed E-state index contributed by atoms with van der Waals surface area (Å²) in [6.07, 6.45) is 0.938. The highest BCUT2D eigenvalue weighted by molar-refractivity contribution is 5.39. The van der Waals surface area contributed by atoms with Gasteiger partial charge < -0.3 is 10.6 Å². The van der Waals surface area contributed by atoms with E-state index in [9.17, 15) is 0 Å². The standard InChI is InChI=1S/C10H18N4/c1-7(2)5-8-6-9(11)13-10(12-8)14(3)4/h6-7H,5H2,1-4H3,(H2,11,12,13). The fourth-order valence-corrected chi connectivity index (χ4v) is 1.23. The van der Waals surface area contributed by atoms with Gasteiger partial charge in [-0.1, -0.05) is 13.8 Å². The monoisotopic (exact) mass is 194 g/mol. The smallest absolute Gasteiger partial charge is 0.226 e. The van der Waals surface area contributed by atoms with E-state index in [0.717, 1.165) is 12.1 Å². The van der Waals surface area contributed by atoms with E-state index >= 15 is 0 Å². The molecule has 0 saturated heterocycles. The first-order valence-corrected chi connectivity index (χ1v) is 4.79. The fraction of sp³-hybridized carbons (Fsp3) is 0.600. The number of nitrogens with two attached hydrogens (primary N) is 1. The largest absolute Gasteiger partial charge is 0.384 e. The maximum Gasteiger partial charge on any atom is 0.226 e. The van der Waals surface area contributed by atoms with Crippen LogP contribution in [-0.2, 0) is 6.42 Å². The summed E-state index contributed by atoms with van der Waals surface area (Å²) in [4.78, 5) is 10.4. The van der Waals surface area contributed by atoms with Gasteiger partial charge in [0, 0.05) is 25.9 Å². The van der Waals surface area contributed by atoms with Crippen LogP contribution in [-0.4, -0.2) is 24.1 Å². The second-order valence-electron chi connectivity index (χ2n) is 4.08. The van der Waals surface area contributed by atoms with Gasteiger partial charge in [-0.05, 0) is 12.3 Å². The van der Waals surface area contributed by atoms with Crippen molar-refractivity contribution in [2.75, 3.05) is 24.7 Å². The van der Waals surface area contributed by atoms with Gasteiger partial charge in [-0.3, -0.25) is 0 Å². The summed E-state index contributed by atoms with van der Waals surface area (Å²) < 4.78 is 0. The maximum absolute atomic E-state index is 5.70. The Morgan fingerprint density at radius 2 is 2.00 bits per heavy atom. The van der Waals surface area contributed by atoms with Gasteiger partial charge in [0.1, 0.15) is 5.82 Å². The predicted octanol–water partition coefficient (Wildman–Crippen LogP) is 1.32. The molecule has 0 radical (unpaired) electrons. The average molecular weight is 194 g/mol. The van der Waals surface area contributed by atoms with Gasteiger partial charge in [0.05, 0.1) is 0 Å². The number of hydrogen-bond donors (Lipinski definition) is 1. The van der Waals surface area contributed by atoms with E-state index < -0.39 is 0 Å². The summed E-state index contributed by atoms with van der Waals surface area (Å²) in [7, 11) is 3.82. The Balaban J connectivity index is 2.95. The maximum atomic E-state index is 5.70. The Morgan fingerprint density at radius 1 is 1.36 bits per heavy atom. The van der Waals surface area contributed by atoms with Gasteiger partial charge >= 0.3 is 0 Å². The summed E-state index contributed by atoms with van der Waals surface area (Å²) in [5, 5.41) is 0. The molecule has 0 aliphatic rings. The predicted molar refractivity (Wildman–Crippen MR) is 59.3 cm³/mol. The minimum Gasteiger partial charge on any atom is -0.384 e. The lowest BCUT2D eigenvalue weighted by Gasteiger charge is -2.12. The highest BCUT2D eigenvalue weighted by Crippen LogP contribution is 2.12. The fourth-order valence-electron chi connectivity index (χ4n) is 1.23. The van der Waals surface area contributed by atoms with Crippen molar-refractivity contribution in [2.24, 2.45) is 5.92 Å². The van der Waals surface area contributed by atoms with Crippen molar-refractivity contribution in [3.05, 3.63) is 11.8 Å². The van der Waals surface area contributed by atoms with Crippen LogP contribution in [0.25, 0.3) is 0 Å². The minimum atomic E-state index is 0.541. The molecular weight excluding hydrogens is 176 g/mol. The van der Waals surface area contributed by atoms with Gasteiger partial charge in [-0.25, -0.2) is 4.98 Å². The van der Waals surface area contributed by atoms with Crippen LogP contribution in [0.4, 0.5) is 11.8 Å². The third-order valence-corrected chi connectivity index (χ3v) is 1.80.